The van der Waals surface area contributed by atoms with Crippen molar-refractivity contribution in [2.24, 2.45) is 5.92 Å². The number of carbonyl (C=O) groups is 2. The number of Topliss-reactive ketones (excluding diaryl/α,β-unsaturated/α-hetero) is 1. The number of ketones is 1. The van der Waals surface area contributed by atoms with Gasteiger partial charge in [-0.3, -0.25) is 9.59 Å². The molecule has 0 heterocycles. The maximum absolute atomic E-state index is 10.9. The van der Waals surface area contributed by atoms with Gasteiger partial charge in [0.05, 0.1) is 5.92 Å². The molecule has 0 aliphatic heterocycles. The third-order valence-corrected chi connectivity index (χ3v) is 1.57. The van der Waals surface area contributed by atoms with E-state index in [1.54, 1.807) is 6.92 Å². The van der Waals surface area contributed by atoms with Crippen molar-refractivity contribution >= 4 is 23.5 Å². The smallest absolute Gasteiger partial charge is 0.196 e. The second kappa shape index (κ2) is 3.56. The monoisotopic (exact) mass is 158 g/mol. The molecule has 0 aliphatic rings. The Hall–Kier alpha value is -0.570. The molecule has 3 heteroatoms. The van der Waals surface area contributed by atoms with E-state index in [2.05, 4.69) is 19.2 Å². The highest BCUT2D eigenvalue weighted by Crippen LogP contribution is 2.06. The topological polar surface area (TPSA) is 34.1 Å². The highest BCUT2D eigenvalue weighted by molar-refractivity contribution is 7.96. The van der Waals surface area contributed by atoms with Crippen LogP contribution in [0.4, 0.5) is 0 Å². The van der Waals surface area contributed by atoms with Crippen molar-refractivity contribution in [3.05, 3.63) is 12.2 Å². The number of hydrogen-bond acceptors (Lipinski definition) is 2. The molecule has 0 saturated heterocycles. The molecule has 0 aromatic heterocycles. The van der Waals surface area contributed by atoms with E-state index in [1.165, 1.54) is 6.92 Å². The summed E-state index contributed by atoms with van der Waals surface area (Å²) in [6, 6.07) is 0. The van der Waals surface area contributed by atoms with Gasteiger partial charge in [-0.25, -0.2) is 0 Å². The van der Waals surface area contributed by atoms with Crippen molar-refractivity contribution in [2.45, 2.75) is 13.8 Å². The molecule has 56 valence electrons. The summed E-state index contributed by atoms with van der Waals surface area (Å²) in [5, 5.41) is -0.409. The van der Waals surface area contributed by atoms with Crippen LogP contribution in [0.2, 0.25) is 0 Å². The van der Waals surface area contributed by atoms with Crippen LogP contribution in [-0.4, -0.2) is 10.9 Å². The zero-order chi connectivity index (χ0) is 8.31. The number of hydrogen-bond donors (Lipinski definition) is 1. The lowest BCUT2D eigenvalue weighted by Gasteiger charge is -2.03. The highest BCUT2D eigenvalue weighted by atomic mass is 32.1. The summed E-state index contributed by atoms with van der Waals surface area (Å²) in [4.78, 5) is 21.4. The molecular weight excluding hydrogens is 148 g/mol. The van der Waals surface area contributed by atoms with Gasteiger partial charge < -0.3 is 0 Å². The number of thiol groups is 1. The van der Waals surface area contributed by atoms with Gasteiger partial charge in [-0.1, -0.05) is 6.58 Å². The first-order valence-electron chi connectivity index (χ1n) is 2.89. The first kappa shape index (κ1) is 9.43. The minimum Gasteiger partial charge on any atom is -0.294 e. The average molecular weight is 158 g/mol. The van der Waals surface area contributed by atoms with Crippen LogP contribution in [0, 0.1) is 5.92 Å². The quantitative estimate of drug-likeness (QED) is 0.381. The summed E-state index contributed by atoms with van der Waals surface area (Å²) in [5.74, 6) is -0.888. The van der Waals surface area contributed by atoms with E-state index >= 15 is 0 Å². The van der Waals surface area contributed by atoms with E-state index in [9.17, 15) is 9.59 Å². The highest BCUT2D eigenvalue weighted by Gasteiger charge is 2.17. The number of rotatable bonds is 3. The predicted molar refractivity (Wildman–Crippen MR) is 43.0 cm³/mol. The largest absolute Gasteiger partial charge is 0.294 e. The molecular formula is C7H10O2S. The second-order valence-corrected chi connectivity index (χ2v) is 2.65. The average Bonchev–Trinajstić information content (AvgIpc) is 1.84. The number of carbonyl (C=O) groups excluding carboxylic acids is 2. The lowest BCUT2D eigenvalue weighted by molar-refractivity contribution is -0.125. The fourth-order valence-corrected chi connectivity index (χ4v) is 0.599. The van der Waals surface area contributed by atoms with Gasteiger partial charge in [-0.05, 0) is 19.4 Å². The SMILES string of the molecule is C=C(C)C(=O)C(C)C(=O)S. The minimum absolute atomic E-state index is 0.236. The molecule has 0 rings (SSSR count). The molecule has 0 radical (unpaired) electrons. The minimum atomic E-state index is -0.652. The summed E-state index contributed by atoms with van der Waals surface area (Å²) in [5.41, 5.74) is 0.398. The van der Waals surface area contributed by atoms with E-state index in [0.29, 0.717) is 5.57 Å². The summed E-state index contributed by atoms with van der Waals surface area (Å²) >= 11 is 3.53. The lowest BCUT2D eigenvalue weighted by atomic mass is 10.0. The van der Waals surface area contributed by atoms with E-state index < -0.39 is 11.0 Å². The fraction of sp³-hybridized carbons (Fsp3) is 0.429. The summed E-state index contributed by atoms with van der Waals surface area (Å²) in [7, 11) is 0. The normalized spacial score (nSPS) is 12.3. The van der Waals surface area contributed by atoms with Crippen LogP contribution < -0.4 is 0 Å². The van der Waals surface area contributed by atoms with Gasteiger partial charge in [-0.15, -0.1) is 12.6 Å². The fourth-order valence-electron chi connectivity index (χ4n) is 0.482. The molecule has 1 unspecified atom stereocenters. The maximum atomic E-state index is 10.9. The molecule has 0 saturated carbocycles. The molecule has 0 spiro atoms. The maximum Gasteiger partial charge on any atom is 0.196 e. The first-order valence-corrected chi connectivity index (χ1v) is 3.34. The van der Waals surface area contributed by atoms with Gasteiger partial charge in [0.2, 0.25) is 0 Å². The predicted octanol–water partition coefficient (Wildman–Crippen LogP) is 1.22. The molecule has 0 bridgehead atoms. The summed E-state index contributed by atoms with van der Waals surface area (Å²) < 4.78 is 0. The van der Waals surface area contributed by atoms with Crippen molar-refractivity contribution in [1.82, 2.24) is 0 Å². The second-order valence-electron chi connectivity index (χ2n) is 2.20. The van der Waals surface area contributed by atoms with Crippen LogP contribution in [0.3, 0.4) is 0 Å². The molecule has 10 heavy (non-hydrogen) atoms. The Labute approximate surface area is 65.7 Å². The van der Waals surface area contributed by atoms with Crippen molar-refractivity contribution in [3.8, 4) is 0 Å². The first-order chi connectivity index (χ1) is 4.46. The molecule has 0 aromatic carbocycles. The van der Waals surface area contributed by atoms with Crippen LogP contribution in [0.1, 0.15) is 13.8 Å². The molecule has 0 N–H and O–H groups in total. The van der Waals surface area contributed by atoms with Crippen LogP contribution in [-0.2, 0) is 9.59 Å². The van der Waals surface area contributed by atoms with Crippen LogP contribution >= 0.6 is 12.6 Å². The molecule has 1 atom stereocenters. The third kappa shape index (κ3) is 2.35. The number of allylic oxidation sites excluding steroid dienone is 1. The lowest BCUT2D eigenvalue weighted by Crippen LogP contribution is -2.17. The molecule has 0 aromatic rings. The Bertz CT molecular complexity index is 184. The van der Waals surface area contributed by atoms with Crippen LogP contribution in [0.5, 0.6) is 0 Å². The van der Waals surface area contributed by atoms with Crippen LogP contribution in [0.15, 0.2) is 12.2 Å². The van der Waals surface area contributed by atoms with Gasteiger partial charge in [0.15, 0.2) is 10.9 Å². The summed E-state index contributed by atoms with van der Waals surface area (Å²) in [6.45, 7) is 6.52. The van der Waals surface area contributed by atoms with Crippen LogP contribution in [0.25, 0.3) is 0 Å². The van der Waals surface area contributed by atoms with Crippen molar-refractivity contribution < 1.29 is 9.59 Å². The Kier molecular flexibility index (Phi) is 3.36. The Balaban J connectivity index is 4.22. The standard InChI is InChI=1S/C7H10O2S/c1-4(2)6(8)5(3)7(9)10/h5H,1H2,2-3H3,(H,9,10). The zero-order valence-corrected chi connectivity index (χ0v) is 6.94. The van der Waals surface area contributed by atoms with Gasteiger partial charge >= 0.3 is 0 Å². The van der Waals surface area contributed by atoms with E-state index in [0.717, 1.165) is 0 Å². The Morgan fingerprint density at radius 2 is 1.90 bits per heavy atom. The van der Waals surface area contributed by atoms with Crippen molar-refractivity contribution in [1.29, 1.82) is 0 Å². The molecule has 0 fully saturated rings. The van der Waals surface area contributed by atoms with Crippen molar-refractivity contribution in [2.75, 3.05) is 0 Å². The van der Waals surface area contributed by atoms with Gasteiger partial charge in [-0.2, -0.15) is 0 Å². The third-order valence-electron chi connectivity index (χ3n) is 1.18. The van der Waals surface area contributed by atoms with E-state index in [1.807, 2.05) is 0 Å². The molecule has 0 aliphatic carbocycles. The van der Waals surface area contributed by atoms with Gasteiger partial charge in [0.25, 0.3) is 0 Å². The zero-order valence-electron chi connectivity index (χ0n) is 6.05. The van der Waals surface area contributed by atoms with Gasteiger partial charge in [0, 0.05) is 0 Å². The van der Waals surface area contributed by atoms with Gasteiger partial charge in [0.1, 0.15) is 0 Å². The molecule has 0 amide bonds. The molecule has 2 nitrogen and oxygen atoms in total. The van der Waals surface area contributed by atoms with Crippen molar-refractivity contribution in [3.63, 3.8) is 0 Å². The Morgan fingerprint density at radius 1 is 1.50 bits per heavy atom. The van der Waals surface area contributed by atoms with E-state index in [-0.39, 0.29) is 5.78 Å². The Morgan fingerprint density at radius 3 is 2.00 bits per heavy atom. The van der Waals surface area contributed by atoms with E-state index in [4.69, 9.17) is 0 Å². The summed E-state index contributed by atoms with van der Waals surface area (Å²) in [6.07, 6.45) is 0.